The molecule has 0 saturated carbocycles. The lowest BCUT2D eigenvalue weighted by Crippen LogP contribution is -2.28. The summed E-state index contributed by atoms with van der Waals surface area (Å²) < 4.78 is 5.48. The number of oxime groups is 1. The van der Waals surface area contributed by atoms with E-state index >= 15 is 0 Å². The second-order valence-electron chi connectivity index (χ2n) is 4.43. The molecule has 0 aliphatic carbocycles. The Kier molecular flexibility index (Phi) is 3.69. The Morgan fingerprint density at radius 2 is 2.10 bits per heavy atom. The van der Waals surface area contributed by atoms with Crippen LogP contribution in [0, 0.1) is 0 Å². The summed E-state index contributed by atoms with van der Waals surface area (Å²) >= 11 is 3.30. The fourth-order valence-corrected chi connectivity index (χ4v) is 2.61. The Morgan fingerprint density at radius 3 is 2.95 bits per heavy atom. The Morgan fingerprint density at radius 1 is 1.30 bits per heavy atom. The summed E-state index contributed by atoms with van der Waals surface area (Å²) in [6.45, 7) is 0.275. The Labute approximate surface area is 124 Å². The number of carbonyl (C=O) groups is 1. The van der Waals surface area contributed by atoms with Crippen LogP contribution >= 0.6 is 15.9 Å². The number of carbonyl (C=O) groups excluding carboxylic acids is 1. The first-order valence-electron chi connectivity index (χ1n) is 6.23. The highest BCUT2D eigenvalue weighted by Crippen LogP contribution is 2.20. The van der Waals surface area contributed by atoms with E-state index in [0.29, 0.717) is 16.6 Å². The second-order valence-corrected chi connectivity index (χ2v) is 4.99. The maximum Gasteiger partial charge on any atom is 0.339 e. The van der Waals surface area contributed by atoms with Crippen molar-refractivity contribution in [3.05, 3.63) is 48.0 Å². The van der Waals surface area contributed by atoms with Crippen LogP contribution in [0.1, 0.15) is 10.4 Å². The standard InChI is InChI=1S/C15H12BrNO3/c16-8-13-14(9-19-17-13)20-15(18)12-7-3-5-10-4-1-2-6-11(10)12/h1-7,14H,8-9H2. The molecule has 1 unspecified atom stereocenters. The quantitative estimate of drug-likeness (QED) is 0.640. The number of rotatable bonds is 3. The molecule has 20 heavy (non-hydrogen) atoms. The zero-order valence-electron chi connectivity index (χ0n) is 10.6. The molecule has 0 N–H and O–H groups in total. The Bertz CT molecular complexity index is 678. The van der Waals surface area contributed by atoms with Gasteiger partial charge in [-0.1, -0.05) is 57.5 Å². The SMILES string of the molecule is O=C(OC1CON=C1CBr)c1cccc2ccccc12. The van der Waals surface area contributed by atoms with Crippen molar-refractivity contribution in [2.24, 2.45) is 5.16 Å². The van der Waals surface area contributed by atoms with Crippen LogP contribution in [-0.4, -0.2) is 29.7 Å². The third-order valence-corrected chi connectivity index (χ3v) is 3.75. The van der Waals surface area contributed by atoms with Gasteiger partial charge in [0, 0.05) is 5.33 Å². The molecule has 5 heteroatoms. The van der Waals surface area contributed by atoms with E-state index in [2.05, 4.69) is 21.1 Å². The van der Waals surface area contributed by atoms with E-state index in [-0.39, 0.29) is 12.6 Å². The summed E-state index contributed by atoms with van der Waals surface area (Å²) in [6.07, 6.45) is -0.416. The van der Waals surface area contributed by atoms with Crippen LogP contribution in [0.25, 0.3) is 10.8 Å². The van der Waals surface area contributed by atoms with Crippen molar-refractivity contribution in [2.75, 3.05) is 11.9 Å². The molecule has 0 amide bonds. The predicted octanol–water partition coefficient (Wildman–Crippen LogP) is 3.15. The second kappa shape index (κ2) is 5.63. The van der Waals surface area contributed by atoms with Gasteiger partial charge < -0.3 is 9.57 Å². The molecule has 1 aliphatic rings. The number of fused-ring (bicyclic) bond motifs is 1. The van der Waals surface area contributed by atoms with Crippen molar-refractivity contribution in [2.45, 2.75) is 6.10 Å². The van der Waals surface area contributed by atoms with Crippen LogP contribution < -0.4 is 0 Å². The van der Waals surface area contributed by atoms with Gasteiger partial charge in [0.05, 0.1) is 5.56 Å². The molecule has 0 saturated heterocycles. The van der Waals surface area contributed by atoms with Gasteiger partial charge in [-0.3, -0.25) is 0 Å². The number of esters is 1. The van der Waals surface area contributed by atoms with Gasteiger partial charge in [0.2, 0.25) is 0 Å². The minimum absolute atomic E-state index is 0.275. The van der Waals surface area contributed by atoms with E-state index in [0.717, 1.165) is 10.8 Å². The zero-order chi connectivity index (χ0) is 13.9. The molecular formula is C15H12BrNO3. The minimum Gasteiger partial charge on any atom is -0.449 e. The van der Waals surface area contributed by atoms with Gasteiger partial charge in [-0.2, -0.15) is 0 Å². The van der Waals surface area contributed by atoms with Crippen LogP contribution in [0.5, 0.6) is 0 Å². The number of benzene rings is 2. The lowest BCUT2D eigenvalue weighted by molar-refractivity contribution is 0.0294. The molecule has 0 aromatic heterocycles. The Balaban J connectivity index is 1.88. The molecule has 0 radical (unpaired) electrons. The summed E-state index contributed by atoms with van der Waals surface area (Å²) in [4.78, 5) is 17.3. The number of hydrogen-bond donors (Lipinski definition) is 0. The maximum absolute atomic E-state index is 12.3. The fraction of sp³-hybridized carbons (Fsp3) is 0.200. The first-order valence-corrected chi connectivity index (χ1v) is 7.35. The molecule has 2 aromatic rings. The molecule has 0 fully saturated rings. The van der Waals surface area contributed by atoms with Crippen LogP contribution in [-0.2, 0) is 9.57 Å². The molecular weight excluding hydrogens is 322 g/mol. The molecule has 102 valence electrons. The Hall–Kier alpha value is -1.88. The van der Waals surface area contributed by atoms with Crippen molar-refractivity contribution in [3.63, 3.8) is 0 Å². The summed E-state index contributed by atoms with van der Waals surface area (Å²) in [5.41, 5.74) is 1.25. The van der Waals surface area contributed by atoms with E-state index < -0.39 is 6.10 Å². The topological polar surface area (TPSA) is 47.9 Å². The molecule has 0 bridgehead atoms. The summed E-state index contributed by atoms with van der Waals surface area (Å²) in [5.74, 6) is -0.356. The van der Waals surface area contributed by atoms with Crippen molar-refractivity contribution in [1.29, 1.82) is 0 Å². The van der Waals surface area contributed by atoms with Crippen LogP contribution in [0.15, 0.2) is 47.6 Å². The fourth-order valence-electron chi connectivity index (χ4n) is 2.15. The highest BCUT2D eigenvalue weighted by molar-refractivity contribution is 9.09. The number of ether oxygens (including phenoxy) is 1. The number of hydrogen-bond acceptors (Lipinski definition) is 4. The number of halogens is 1. The molecule has 1 atom stereocenters. The zero-order valence-corrected chi connectivity index (χ0v) is 12.2. The van der Waals surface area contributed by atoms with Gasteiger partial charge in [0.15, 0.2) is 12.7 Å². The molecule has 1 aliphatic heterocycles. The normalized spacial score (nSPS) is 17.6. The summed E-state index contributed by atoms with van der Waals surface area (Å²) in [7, 11) is 0. The molecule has 2 aromatic carbocycles. The third kappa shape index (κ3) is 2.41. The lowest BCUT2D eigenvalue weighted by Gasteiger charge is -2.12. The van der Waals surface area contributed by atoms with Gasteiger partial charge in [-0.25, -0.2) is 4.79 Å². The van der Waals surface area contributed by atoms with Crippen molar-refractivity contribution >= 4 is 38.4 Å². The van der Waals surface area contributed by atoms with Gasteiger partial charge in [-0.15, -0.1) is 0 Å². The van der Waals surface area contributed by atoms with Crippen molar-refractivity contribution < 1.29 is 14.4 Å². The van der Waals surface area contributed by atoms with E-state index in [1.54, 1.807) is 6.07 Å². The molecule has 1 heterocycles. The van der Waals surface area contributed by atoms with Gasteiger partial charge in [0.1, 0.15) is 5.71 Å². The maximum atomic E-state index is 12.3. The van der Waals surface area contributed by atoms with Crippen LogP contribution in [0.4, 0.5) is 0 Å². The average Bonchev–Trinajstić information content (AvgIpc) is 2.93. The smallest absolute Gasteiger partial charge is 0.339 e. The minimum atomic E-state index is -0.416. The van der Waals surface area contributed by atoms with Gasteiger partial charge >= 0.3 is 5.97 Å². The van der Waals surface area contributed by atoms with E-state index in [4.69, 9.17) is 9.57 Å². The lowest BCUT2D eigenvalue weighted by atomic mass is 10.0. The molecule has 0 spiro atoms. The van der Waals surface area contributed by atoms with E-state index in [1.165, 1.54) is 0 Å². The largest absolute Gasteiger partial charge is 0.449 e. The van der Waals surface area contributed by atoms with Crippen molar-refractivity contribution in [3.8, 4) is 0 Å². The highest BCUT2D eigenvalue weighted by Gasteiger charge is 2.27. The van der Waals surface area contributed by atoms with Crippen LogP contribution in [0.2, 0.25) is 0 Å². The van der Waals surface area contributed by atoms with E-state index in [1.807, 2.05) is 36.4 Å². The number of alkyl halides is 1. The molecule has 4 nitrogen and oxygen atoms in total. The number of nitrogens with zero attached hydrogens (tertiary/aromatic N) is 1. The summed E-state index contributed by atoms with van der Waals surface area (Å²) in [6, 6.07) is 13.3. The monoisotopic (exact) mass is 333 g/mol. The predicted molar refractivity (Wildman–Crippen MR) is 80.3 cm³/mol. The average molecular weight is 334 g/mol. The summed E-state index contributed by atoms with van der Waals surface area (Å²) in [5, 5.41) is 6.26. The molecule has 3 rings (SSSR count). The first-order chi connectivity index (χ1) is 9.79. The van der Waals surface area contributed by atoms with Gasteiger partial charge in [0.25, 0.3) is 0 Å². The van der Waals surface area contributed by atoms with E-state index in [9.17, 15) is 4.79 Å². The third-order valence-electron chi connectivity index (χ3n) is 3.18. The first kappa shape index (κ1) is 13.1. The van der Waals surface area contributed by atoms with Crippen LogP contribution in [0.3, 0.4) is 0 Å². The van der Waals surface area contributed by atoms with Crippen molar-refractivity contribution in [1.82, 2.24) is 0 Å². The van der Waals surface area contributed by atoms with Gasteiger partial charge in [-0.05, 0) is 16.8 Å². The highest BCUT2D eigenvalue weighted by atomic mass is 79.9.